The van der Waals surface area contributed by atoms with Gasteiger partial charge in [0.25, 0.3) is 0 Å². The summed E-state index contributed by atoms with van der Waals surface area (Å²) in [5, 5.41) is 1.28. The summed E-state index contributed by atoms with van der Waals surface area (Å²) in [5.74, 6) is 0.524. The molecule has 1 aromatic carbocycles. The van der Waals surface area contributed by atoms with Gasteiger partial charge in [-0.3, -0.25) is 0 Å². The highest BCUT2D eigenvalue weighted by atomic mass is 14.8. The number of hydrogen-bond donors (Lipinski definition) is 3. The highest BCUT2D eigenvalue weighted by molar-refractivity contribution is 5.85. The van der Waals surface area contributed by atoms with Gasteiger partial charge in [0.2, 0.25) is 0 Å². The highest BCUT2D eigenvalue weighted by Crippen LogP contribution is 2.36. The van der Waals surface area contributed by atoms with E-state index >= 15 is 0 Å². The van der Waals surface area contributed by atoms with Crippen molar-refractivity contribution in [3.8, 4) is 0 Å². The van der Waals surface area contributed by atoms with E-state index in [0.717, 1.165) is 19.4 Å². The first-order valence-electron chi connectivity index (χ1n) is 5.84. The highest BCUT2D eigenvalue weighted by Gasteiger charge is 2.26. The molecule has 3 nitrogen and oxygen atoms in total. The largest absolute Gasteiger partial charge is 0.358 e. The molecule has 1 aliphatic rings. The molecule has 0 spiro atoms. The van der Waals surface area contributed by atoms with Crippen LogP contribution in [0.15, 0.2) is 24.3 Å². The number of rotatable bonds is 1. The average molecular weight is 215 g/mol. The number of aromatic nitrogens is 1. The van der Waals surface area contributed by atoms with Crippen molar-refractivity contribution in [2.75, 3.05) is 6.54 Å². The van der Waals surface area contributed by atoms with Gasteiger partial charge in [-0.1, -0.05) is 18.2 Å². The predicted molar refractivity (Wildman–Crippen MR) is 66.1 cm³/mol. The van der Waals surface area contributed by atoms with Gasteiger partial charge in [0.15, 0.2) is 0 Å². The van der Waals surface area contributed by atoms with Crippen LogP contribution in [-0.2, 0) is 6.42 Å². The summed E-state index contributed by atoms with van der Waals surface area (Å²) in [6.07, 6.45) is 2.04. The summed E-state index contributed by atoms with van der Waals surface area (Å²) in [6, 6.07) is 8.51. The van der Waals surface area contributed by atoms with Gasteiger partial charge < -0.3 is 16.5 Å². The number of H-pyrrole nitrogens is 1. The van der Waals surface area contributed by atoms with Crippen LogP contribution in [-0.4, -0.2) is 11.5 Å². The van der Waals surface area contributed by atoms with Crippen molar-refractivity contribution in [1.29, 1.82) is 0 Å². The van der Waals surface area contributed by atoms with Crippen molar-refractivity contribution >= 4 is 10.9 Å². The fraction of sp³-hybridized carbons (Fsp3) is 0.385. The van der Waals surface area contributed by atoms with Crippen LogP contribution in [0.3, 0.4) is 0 Å². The van der Waals surface area contributed by atoms with E-state index in [1.807, 2.05) is 0 Å². The number of nitrogens with two attached hydrogens (primary N) is 2. The van der Waals surface area contributed by atoms with Gasteiger partial charge in [-0.15, -0.1) is 0 Å². The molecule has 16 heavy (non-hydrogen) atoms. The van der Waals surface area contributed by atoms with E-state index < -0.39 is 0 Å². The van der Waals surface area contributed by atoms with Crippen LogP contribution < -0.4 is 11.5 Å². The zero-order valence-electron chi connectivity index (χ0n) is 9.24. The zero-order chi connectivity index (χ0) is 11.1. The fourth-order valence-electron chi connectivity index (χ4n) is 2.83. The van der Waals surface area contributed by atoms with Crippen LogP contribution in [0.25, 0.3) is 10.9 Å². The van der Waals surface area contributed by atoms with Gasteiger partial charge in [-0.2, -0.15) is 0 Å². The minimum atomic E-state index is 0.133. The Hall–Kier alpha value is -1.32. The van der Waals surface area contributed by atoms with Crippen LogP contribution in [0.5, 0.6) is 0 Å². The standard InChI is InChI=1S/C13H17N3/c14-7-8-5-10(15)13-9-3-1-2-4-11(9)16-12(13)6-8/h1-4,8,10,16H,5-7,14-15H2. The summed E-state index contributed by atoms with van der Waals surface area (Å²) in [4.78, 5) is 3.48. The Labute approximate surface area is 94.8 Å². The van der Waals surface area contributed by atoms with Crippen LogP contribution in [0.4, 0.5) is 0 Å². The third-order valence-corrected chi connectivity index (χ3v) is 3.61. The summed E-state index contributed by atoms with van der Waals surface area (Å²) >= 11 is 0. The Balaban J connectivity index is 2.17. The van der Waals surface area contributed by atoms with Crippen molar-refractivity contribution in [2.24, 2.45) is 17.4 Å². The average Bonchev–Trinajstić information content (AvgIpc) is 2.67. The molecule has 3 heteroatoms. The maximum Gasteiger partial charge on any atom is 0.0459 e. The normalized spacial score (nSPS) is 24.6. The Morgan fingerprint density at radius 2 is 2.12 bits per heavy atom. The molecular formula is C13H17N3. The van der Waals surface area contributed by atoms with Crippen LogP contribution in [0.2, 0.25) is 0 Å². The molecular weight excluding hydrogens is 198 g/mol. The third kappa shape index (κ3) is 1.36. The summed E-state index contributed by atoms with van der Waals surface area (Å²) in [6.45, 7) is 0.725. The minimum absolute atomic E-state index is 0.133. The molecule has 0 aliphatic heterocycles. The first-order valence-corrected chi connectivity index (χ1v) is 5.84. The maximum absolute atomic E-state index is 6.25. The second-order valence-electron chi connectivity index (χ2n) is 4.71. The molecule has 1 aromatic heterocycles. The maximum atomic E-state index is 6.25. The molecule has 5 N–H and O–H groups in total. The monoisotopic (exact) mass is 215 g/mol. The lowest BCUT2D eigenvalue weighted by atomic mass is 9.84. The lowest BCUT2D eigenvalue weighted by Gasteiger charge is -2.26. The molecule has 0 saturated heterocycles. The predicted octanol–water partition coefficient (Wildman–Crippen LogP) is 1.69. The van der Waals surface area contributed by atoms with Gasteiger partial charge in [-0.25, -0.2) is 0 Å². The molecule has 0 saturated carbocycles. The number of aromatic amines is 1. The van der Waals surface area contributed by atoms with Gasteiger partial charge >= 0.3 is 0 Å². The van der Waals surface area contributed by atoms with E-state index in [0.29, 0.717) is 5.92 Å². The van der Waals surface area contributed by atoms with E-state index in [9.17, 15) is 0 Å². The lowest BCUT2D eigenvalue weighted by molar-refractivity contribution is 0.414. The van der Waals surface area contributed by atoms with Crippen molar-refractivity contribution in [1.82, 2.24) is 4.98 Å². The number of hydrogen-bond acceptors (Lipinski definition) is 2. The number of fused-ring (bicyclic) bond motifs is 3. The summed E-state index contributed by atoms with van der Waals surface area (Å²) < 4.78 is 0. The molecule has 2 aromatic rings. The number of para-hydroxylation sites is 1. The molecule has 2 atom stereocenters. The molecule has 84 valence electrons. The lowest BCUT2D eigenvalue weighted by Crippen LogP contribution is -2.28. The Kier molecular flexibility index (Phi) is 2.23. The van der Waals surface area contributed by atoms with Crippen molar-refractivity contribution in [2.45, 2.75) is 18.9 Å². The van der Waals surface area contributed by atoms with Gasteiger partial charge in [-0.05, 0) is 36.9 Å². The molecule has 0 fully saturated rings. The van der Waals surface area contributed by atoms with E-state index in [4.69, 9.17) is 11.5 Å². The Bertz CT molecular complexity index is 515. The quantitative estimate of drug-likeness (QED) is 0.677. The van der Waals surface area contributed by atoms with Crippen LogP contribution in [0.1, 0.15) is 23.7 Å². The van der Waals surface area contributed by atoms with Crippen molar-refractivity contribution in [3.63, 3.8) is 0 Å². The first-order chi connectivity index (χ1) is 7.79. The van der Waals surface area contributed by atoms with E-state index in [1.165, 1.54) is 22.2 Å². The minimum Gasteiger partial charge on any atom is -0.358 e. The SMILES string of the molecule is NCC1Cc2[nH]c3ccccc3c2C(N)C1. The number of benzene rings is 1. The molecule has 2 unspecified atom stereocenters. The first kappa shape index (κ1) is 9.87. The molecule has 1 aliphatic carbocycles. The molecule has 3 rings (SSSR count). The van der Waals surface area contributed by atoms with E-state index in [2.05, 4.69) is 29.2 Å². The molecule has 0 bridgehead atoms. The third-order valence-electron chi connectivity index (χ3n) is 3.61. The summed E-state index contributed by atoms with van der Waals surface area (Å²) in [7, 11) is 0. The Morgan fingerprint density at radius 3 is 2.94 bits per heavy atom. The molecule has 0 radical (unpaired) electrons. The van der Waals surface area contributed by atoms with Gasteiger partial charge in [0, 0.05) is 22.6 Å². The second-order valence-corrected chi connectivity index (χ2v) is 4.71. The van der Waals surface area contributed by atoms with E-state index in [1.54, 1.807) is 0 Å². The fourth-order valence-corrected chi connectivity index (χ4v) is 2.83. The van der Waals surface area contributed by atoms with Gasteiger partial charge in [0.05, 0.1) is 0 Å². The van der Waals surface area contributed by atoms with Crippen LogP contribution >= 0.6 is 0 Å². The molecule has 0 amide bonds. The molecule has 1 heterocycles. The number of nitrogens with one attached hydrogen (secondary N) is 1. The zero-order valence-corrected chi connectivity index (χ0v) is 9.24. The van der Waals surface area contributed by atoms with Crippen LogP contribution in [0, 0.1) is 5.92 Å². The second kappa shape index (κ2) is 3.61. The van der Waals surface area contributed by atoms with Crippen molar-refractivity contribution < 1.29 is 0 Å². The summed E-state index contributed by atoms with van der Waals surface area (Å²) in [5.41, 5.74) is 15.8. The van der Waals surface area contributed by atoms with E-state index in [-0.39, 0.29) is 6.04 Å². The smallest absolute Gasteiger partial charge is 0.0459 e. The topological polar surface area (TPSA) is 67.8 Å². The van der Waals surface area contributed by atoms with Crippen molar-refractivity contribution in [3.05, 3.63) is 35.5 Å². The Morgan fingerprint density at radius 1 is 1.31 bits per heavy atom. The van der Waals surface area contributed by atoms with Gasteiger partial charge in [0.1, 0.15) is 0 Å².